The first kappa shape index (κ1) is 18.6. The van der Waals surface area contributed by atoms with Gasteiger partial charge in [0.05, 0.1) is 15.4 Å². The van der Waals surface area contributed by atoms with E-state index in [2.05, 4.69) is 4.99 Å². The largest absolute Gasteiger partial charge is 0.402 e. The summed E-state index contributed by atoms with van der Waals surface area (Å²) in [6, 6.07) is 10.6. The van der Waals surface area contributed by atoms with E-state index in [0.717, 1.165) is 0 Å². The number of hydrogen-bond donors (Lipinski definition) is 0. The third-order valence-electron chi connectivity index (χ3n) is 4.02. The summed E-state index contributed by atoms with van der Waals surface area (Å²) >= 11 is 0. The summed E-state index contributed by atoms with van der Waals surface area (Å²) in [5.74, 6) is -0.746. The number of rotatable bonds is 5. The molecule has 28 heavy (non-hydrogen) atoms. The summed E-state index contributed by atoms with van der Waals surface area (Å²) in [5.41, 5.74) is 0.849. The van der Waals surface area contributed by atoms with Gasteiger partial charge in [-0.2, -0.15) is 0 Å². The van der Waals surface area contributed by atoms with E-state index >= 15 is 0 Å². The Balaban J connectivity index is 1.90. The van der Waals surface area contributed by atoms with Crippen LogP contribution in [0.4, 0.5) is 11.4 Å². The van der Waals surface area contributed by atoms with E-state index in [0.29, 0.717) is 16.7 Å². The molecule has 0 radical (unpaired) electrons. The molecule has 0 aromatic heterocycles. The van der Waals surface area contributed by atoms with Crippen molar-refractivity contribution >= 4 is 29.3 Å². The number of nitro benzene ring substituents is 2. The van der Waals surface area contributed by atoms with E-state index in [1.54, 1.807) is 31.2 Å². The van der Waals surface area contributed by atoms with Gasteiger partial charge in [0, 0.05) is 23.3 Å². The number of para-hydroxylation sites is 1. The number of carbonyl (C=O) groups excluding carboxylic acids is 1. The molecule has 0 spiro atoms. The van der Waals surface area contributed by atoms with Crippen molar-refractivity contribution in [3.63, 3.8) is 0 Å². The van der Waals surface area contributed by atoms with Gasteiger partial charge in [0.1, 0.15) is 0 Å². The lowest BCUT2D eigenvalue weighted by Crippen LogP contribution is -2.08. The highest BCUT2D eigenvalue weighted by Crippen LogP contribution is 2.25. The zero-order valence-electron chi connectivity index (χ0n) is 14.6. The number of nitro groups is 2. The lowest BCUT2D eigenvalue weighted by Gasteiger charge is -2.04. The molecular weight excluding hydrogens is 366 g/mol. The van der Waals surface area contributed by atoms with E-state index in [9.17, 15) is 25.0 Å². The van der Waals surface area contributed by atoms with Gasteiger partial charge in [-0.15, -0.1) is 0 Å². The molecule has 0 unspecified atom stereocenters. The number of aliphatic imine (C=N–C) groups is 1. The molecule has 1 heterocycles. The molecule has 0 saturated carbocycles. The van der Waals surface area contributed by atoms with E-state index in [1.807, 2.05) is 0 Å². The minimum atomic E-state index is -0.715. The average Bonchev–Trinajstić information content (AvgIpc) is 3.02. The molecule has 0 bridgehead atoms. The lowest BCUT2D eigenvalue weighted by atomic mass is 10.1. The monoisotopic (exact) mass is 379 g/mol. The van der Waals surface area contributed by atoms with Crippen LogP contribution in [-0.2, 0) is 9.53 Å². The average molecular weight is 379 g/mol. The van der Waals surface area contributed by atoms with Crippen LogP contribution in [0.15, 0.2) is 65.3 Å². The van der Waals surface area contributed by atoms with Crippen molar-refractivity contribution in [2.45, 2.75) is 6.92 Å². The van der Waals surface area contributed by atoms with Crippen molar-refractivity contribution in [2.75, 3.05) is 0 Å². The number of hydrogen-bond acceptors (Lipinski definition) is 7. The lowest BCUT2D eigenvalue weighted by molar-refractivity contribution is -0.385. The maximum absolute atomic E-state index is 12.0. The van der Waals surface area contributed by atoms with Crippen LogP contribution in [0.25, 0.3) is 6.08 Å². The molecule has 0 amide bonds. The van der Waals surface area contributed by atoms with Crippen LogP contribution in [0, 0.1) is 27.2 Å². The van der Waals surface area contributed by atoms with Crippen LogP contribution < -0.4 is 0 Å². The highest BCUT2D eigenvalue weighted by Gasteiger charge is 2.27. The predicted molar refractivity (Wildman–Crippen MR) is 101 cm³/mol. The molecule has 140 valence electrons. The molecule has 9 heteroatoms. The zero-order chi connectivity index (χ0) is 20.3. The van der Waals surface area contributed by atoms with Crippen LogP contribution >= 0.6 is 0 Å². The normalized spacial score (nSPS) is 15.0. The second-order valence-corrected chi connectivity index (χ2v) is 5.74. The fraction of sp³-hybridized carbons (Fsp3) is 0.0526. The maximum Gasteiger partial charge on any atom is 0.363 e. The molecule has 3 rings (SSSR count). The summed E-state index contributed by atoms with van der Waals surface area (Å²) in [4.78, 5) is 37.2. The van der Waals surface area contributed by atoms with Gasteiger partial charge in [-0.05, 0) is 31.2 Å². The van der Waals surface area contributed by atoms with Crippen molar-refractivity contribution in [2.24, 2.45) is 4.99 Å². The van der Waals surface area contributed by atoms with Crippen LogP contribution in [0.3, 0.4) is 0 Å². The Bertz CT molecular complexity index is 1080. The van der Waals surface area contributed by atoms with Gasteiger partial charge in [0.2, 0.25) is 5.90 Å². The van der Waals surface area contributed by atoms with E-state index in [1.165, 1.54) is 36.4 Å². The van der Waals surface area contributed by atoms with Crippen LogP contribution in [0.5, 0.6) is 0 Å². The van der Waals surface area contributed by atoms with Gasteiger partial charge in [0.15, 0.2) is 5.70 Å². The topological polar surface area (TPSA) is 125 Å². The summed E-state index contributed by atoms with van der Waals surface area (Å²) in [7, 11) is 0. The third-order valence-corrected chi connectivity index (χ3v) is 4.02. The van der Waals surface area contributed by atoms with E-state index < -0.39 is 15.8 Å². The van der Waals surface area contributed by atoms with E-state index in [-0.39, 0.29) is 23.0 Å². The van der Waals surface area contributed by atoms with Gasteiger partial charge in [-0.3, -0.25) is 20.2 Å². The predicted octanol–water partition coefficient (Wildman–Crippen LogP) is 3.71. The van der Waals surface area contributed by atoms with Crippen LogP contribution in [0.2, 0.25) is 0 Å². The Morgan fingerprint density at radius 2 is 1.68 bits per heavy atom. The second-order valence-electron chi connectivity index (χ2n) is 5.74. The first-order chi connectivity index (χ1) is 13.4. The number of esters is 1. The number of cyclic esters (lactones) is 1. The Labute approximate surface area is 158 Å². The van der Waals surface area contributed by atoms with E-state index in [4.69, 9.17) is 4.74 Å². The summed E-state index contributed by atoms with van der Waals surface area (Å²) in [6.45, 7) is 1.54. The minimum absolute atomic E-state index is 0.0178. The summed E-state index contributed by atoms with van der Waals surface area (Å²) in [6.07, 6.45) is 4.29. The number of benzene rings is 2. The molecule has 1 aliphatic rings. The first-order valence-electron chi connectivity index (χ1n) is 8.05. The smallest absolute Gasteiger partial charge is 0.363 e. The molecule has 0 fully saturated rings. The first-order valence-corrected chi connectivity index (χ1v) is 8.05. The zero-order valence-corrected chi connectivity index (χ0v) is 14.6. The molecule has 0 N–H and O–H groups in total. The number of ether oxygens (including phenoxy) is 1. The quantitative estimate of drug-likeness (QED) is 0.337. The highest BCUT2D eigenvalue weighted by atomic mass is 16.6. The standard InChI is InChI=1S/C19H13N3O6/c1-12-14(8-5-11-16(12)21(24)25)18-20-15(19(23)28-18)9-4-7-13-6-2-3-10-17(13)22(26)27/h2-11H,1H3/b7-4+,15-9-. The van der Waals surface area contributed by atoms with Gasteiger partial charge < -0.3 is 4.74 Å². The van der Waals surface area contributed by atoms with Crippen molar-refractivity contribution in [1.29, 1.82) is 0 Å². The van der Waals surface area contributed by atoms with Crippen LogP contribution in [-0.4, -0.2) is 21.7 Å². The second kappa shape index (κ2) is 7.62. The fourth-order valence-electron chi connectivity index (χ4n) is 2.63. The highest BCUT2D eigenvalue weighted by molar-refractivity contribution is 6.12. The fourth-order valence-corrected chi connectivity index (χ4v) is 2.63. The van der Waals surface area contributed by atoms with Crippen molar-refractivity contribution in [3.8, 4) is 0 Å². The number of nitrogens with zero attached hydrogens (tertiary/aromatic N) is 3. The number of allylic oxidation sites excluding steroid dienone is 2. The summed E-state index contributed by atoms with van der Waals surface area (Å²) < 4.78 is 5.12. The Hall–Kier alpha value is -4.14. The molecular formula is C19H13N3O6. The molecule has 2 aromatic carbocycles. The van der Waals surface area contributed by atoms with Gasteiger partial charge >= 0.3 is 5.97 Å². The molecule has 0 atom stereocenters. The van der Waals surface area contributed by atoms with Gasteiger partial charge in [0.25, 0.3) is 11.4 Å². The van der Waals surface area contributed by atoms with Gasteiger partial charge in [-0.25, -0.2) is 9.79 Å². The Morgan fingerprint density at radius 1 is 1.00 bits per heavy atom. The van der Waals surface area contributed by atoms with Crippen molar-refractivity contribution < 1.29 is 19.4 Å². The molecule has 9 nitrogen and oxygen atoms in total. The summed E-state index contributed by atoms with van der Waals surface area (Å²) in [5, 5.41) is 22.1. The van der Waals surface area contributed by atoms with Gasteiger partial charge in [-0.1, -0.05) is 24.3 Å². The third kappa shape index (κ3) is 3.68. The van der Waals surface area contributed by atoms with Crippen LogP contribution in [0.1, 0.15) is 16.7 Å². The number of carbonyl (C=O) groups is 1. The molecule has 2 aromatic rings. The van der Waals surface area contributed by atoms with Crippen molar-refractivity contribution in [1.82, 2.24) is 0 Å². The molecule has 1 aliphatic heterocycles. The maximum atomic E-state index is 12.0. The van der Waals surface area contributed by atoms with Crippen molar-refractivity contribution in [3.05, 3.63) is 97.2 Å². The minimum Gasteiger partial charge on any atom is -0.402 e. The Morgan fingerprint density at radius 3 is 2.39 bits per heavy atom. The Kier molecular flexibility index (Phi) is 5.07. The SMILES string of the molecule is Cc1c(C2=N/C(=C\C=C\c3ccccc3[N+](=O)[O-])C(=O)O2)cccc1[N+](=O)[O-]. The molecule has 0 aliphatic carbocycles. The molecule has 0 saturated heterocycles.